The van der Waals surface area contributed by atoms with E-state index in [4.69, 9.17) is 5.73 Å². The summed E-state index contributed by atoms with van der Waals surface area (Å²) in [5.41, 5.74) is 7.47. The summed E-state index contributed by atoms with van der Waals surface area (Å²) in [4.78, 5) is 10.8. The van der Waals surface area contributed by atoms with Crippen LogP contribution in [0.15, 0.2) is 42.7 Å². The van der Waals surface area contributed by atoms with Crippen molar-refractivity contribution in [3.63, 3.8) is 0 Å². The number of benzene rings is 1. The number of hydrogen-bond donors (Lipinski definition) is 2. The van der Waals surface area contributed by atoms with Crippen molar-refractivity contribution in [3.8, 4) is 0 Å². The first-order valence-electron chi connectivity index (χ1n) is 6.70. The lowest BCUT2D eigenvalue weighted by atomic mass is 10.2. The topological polar surface area (TPSA) is 72.9 Å². The Morgan fingerprint density at radius 2 is 2.10 bits per heavy atom. The molecular weight excluding hydrogens is 252 g/mol. The maximum absolute atomic E-state index is 10.8. The highest BCUT2D eigenvalue weighted by molar-refractivity contribution is 5.74. The zero-order chi connectivity index (χ0) is 14.4. The molecule has 106 valence electrons. The van der Waals surface area contributed by atoms with Crippen LogP contribution in [-0.4, -0.2) is 21.7 Å². The lowest BCUT2D eigenvalue weighted by molar-refractivity contribution is -0.118. The van der Waals surface area contributed by atoms with Gasteiger partial charge in [-0.15, -0.1) is 0 Å². The summed E-state index contributed by atoms with van der Waals surface area (Å²) in [5.74, 6) is -0.287. The predicted molar refractivity (Wildman–Crippen MR) is 77.9 cm³/mol. The van der Waals surface area contributed by atoms with Crippen molar-refractivity contribution in [2.24, 2.45) is 5.73 Å². The molecule has 3 N–H and O–H groups in total. The van der Waals surface area contributed by atoms with Gasteiger partial charge in [0, 0.05) is 30.8 Å². The van der Waals surface area contributed by atoms with Crippen LogP contribution in [-0.2, 0) is 17.9 Å². The van der Waals surface area contributed by atoms with E-state index in [-0.39, 0.29) is 11.9 Å². The number of nitrogens with one attached hydrogen (secondary N) is 1. The molecule has 0 fully saturated rings. The van der Waals surface area contributed by atoms with Crippen LogP contribution in [0.1, 0.15) is 24.5 Å². The zero-order valence-corrected chi connectivity index (χ0v) is 11.6. The van der Waals surface area contributed by atoms with Crippen molar-refractivity contribution in [1.82, 2.24) is 15.1 Å². The van der Waals surface area contributed by atoms with Gasteiger partial charge in [-0.05, 0) is 12.5 Å². The summed E-state index contributed by atoms with van der Waals surface area (Å²) in [6.07, 6.45) is 4.20. The smallest absolute Gasteiger partial charge is 0.218 e. The molecule has 0 radical (unpaired) electrons. The van der Waals surface area contributed by atoms with Gasteiger partial charge in [0.25, 0.3) is 0 Å². The fourth-order valence-electron chi connectivity index (χ4n) is 2.02. The van der Waals surface area contributed by atoms with Gasteiger partial charge < -0.3 is 11.1 Å². The molecule has 0 aliphatic carbocycles. The van der Waals surface area contributed by atoms with Gasteiger partial charge in [0.05, 0.1) is 12.7 Å². The molecule has 5 nitrogen and oxygen atoms in total. The Hall–Kier alpha value is -2.14. The fourth-order valence-corrected chi connectivity index (χ4v) is 2.02. The molecule has 1 aromatic heterocycles. The molecule has 0 aliphatic heterocycles. The SMILES string of the molecule is CC(CC(N)=O)NCc1cnn(Cc2ccccc2)c1. The Labute approximate surface area is 118 Å². The maximum atomic E-state index is 10.8. The third kappa shape index (κ3) is 4.51. The van der Waals surface area contributed by atoms with Crippen molar-refractivity contribution in [3.05, 3.63) is 53.9 Å². The monoisotopic (exact) mass is 272 g/mol. The molecule has 1 amide bonds. The molecule has 2 rings (SSSR count). The second-order valence-corrected chi connectivity index (χ2v) is 4.98. The summed E-state index contributed by atoms with van der Waals surface area (Å²) < 4.78 is 1.91. The molecule has 0 spiro atoms. The summed E-state index contributed by atoms with van der Waals surface area (Å²) >= 11 is 0. The molecule has 1 atom stereocenters. The van der Waals surface area contributed by atoms with Crippen molar-refractivity contribution in [2.75, 3.05) is 0 Å². The number of carbonyl (C=O) groups excluding carboxylic acids is 1. The molecule has 20 heavy (non-hydrogen) atoms. The first kappa shape index (κ1) is 14.3. The Bertz CT molecular complexity index is 550. The minimum absolute atomic E-state index is 0.0740. The minimum atomic E-state index is -0.287. The van der Waals surface area contributed by atoms with Crippen LogP contribution >= 0.6 is 0 Å². The first-order chi connectivity index (χ1) is 9.63. The number of nitrogens with zero attached hydrogens (tertiary/aromatic N) is 2. The quantitative estimate of drug-likeness (QED) is 0.797. The van der Waals surface area contributed by atoms with E-state index in [1.807, 2.05) is 42.2 Å². The predicted octanol–water partition coefficient (Wildman–Crippen LogP) is 1.28. The number of nitrogens with two attached hydrogens (primary N) is 1. The first-order valence-corrected chi connectivity index (χ1v) is 6.70. The lowest BCUT2D eigenvalue weighted by Gasteiger charge is -2.10. The number of carbonyl (C=O) groups is 1. The third-order valence-corrected chi connectivity index (χ3v) is 3.04. The van der Waals surface area contributed by atoms with Crippen molar-refractivity contribution < 1.29 is 4.79 Å². The Morgan fingerprint density at radius 1 is 1.35 bits per heavy atom. The van der Waals surface area contributed by atoms with Gasteiger partial charge in [-0.3, -0.25) is 9.48 Å². The maximum Gasteiger partial charge on any atom is 0.218 e. The van der Waals surface area contributed by atoms with Crippen LogP contribution in [0.3, 0.4) is 0 Å². The van der Waals surface area contributed by atoms with Crippen molar-refractivity contribution >= 4 is 5.91 Å². The number of aromatic nitrogens is 2. The van der Waals surface area contributed by atoms with Crippen molar-refractivity contribution in [2.45, 2.75) is 32.5 Å². The van der Waals surface area contributed by atoms with Gasteiger partial charge >= 0.3 is 0 Å². The van der Waals surface area contributed by atoms with Gasteiger partial charge in [-0.1, -0.05) is 30.3 Å². The highest BCUT2D eigenvalue weighted by Gasteiger charge is 2.06. The average molecular weight is 272 g/mol. The zero-order valence-electron chi connectivity index (χ0n) is 11.6. The van der Waals surface area contributed by atoms with E-state index in [1.165, 1.54) is 5.56 Å². The minimum Gasteiger partial charge on any atom is -0.370 e. The van der Waals surface area contributed by atoms with Crippen LogP contribution in [0, 0.1) is 0 Å². The Morgan fingerprint density at radius 3 is 2.80 bits per heavy atom. The summed E-state index contributed by atoms with van der Waals surface area (Å²) in [7, 11) is 0. The molecule has 2 aromatic rings. The second-order valence-electron chi connectivity index (χ2n) is 4.98. The number of amides is 1. The van der Waals surface area contributed by atoms with Crippen LogP contribution in [0.4, 0.5) is 0 Å². The van der Waals surface area contributed by atoms with Gasteiger partial charge in [-0.25, -0.2) is 0 Å². The highest BCUT2D eigenvalue weighted by Crippen LogP contribution is 2.04. The summed E-state index contributed by atoms with van der Waals surface area (Å²) in [6.45, 7) is 3.39. The Balaban J connectivity index is 1.85. The van der Waals surface area contributed by atoms with Crippen LogP contribution in [0.25, 0.3) is 0 Å². The van der Waals surface area contributed by atoms with Crippen LogP contribution < -0.4 is 11.1 Å². The van der Waals surface area contributed by atoms with E-state index < -0.39 is 0 Å². The average Bonchev–Trinajstić information content (AvgIpc) is 2.84. The normalized spacial score (nSPS) is 12.2. The largest absolute Gasteiger partial charge is 0.370 e. The number of rotatable bonds is 7. The van der Waals surface area contributed by atoms with E-state index in [9.17, 15) is 4.79 Å². The van der Waals surface area contributed by atoms with E-state index in [1.54, 1.807) is 0 Å². The van der Waals surface area contributed by atoms with Gasteiger partial charge in [0.2, 0.25) is 5.91 Å². The van der Waals surface area contributed by atoms with Crippen LogP contribution in [0.5, 0.6) is 0 Å². The fraction of sp³-hybridized carbons (Fsp3) is 0.333. The molecule has 0 aliphatic rings. The standard InChI is InChI=1S/C15H20N4O/c1-12(7-15(16)20)17-8-14-9-18-19(11-14)10-13-5-3-2-4-6-13/h2-6,9,11-12,17H,7-8,10H2,1H3,(H2,16,20). The van der Waals surface area contributed by atoms with Gasteiger partial charge in [-0.2, -0.15) is 5.10 Å². The van der Waals surface area contributed by atoms with E-state index >= 15 is 0 Å². The van der Waals surface area contributed by atoms with E-state index in [0.29, 0.717) is 13.0 Å². The van der Waals surface area contributed by atoms with Crippen molar-refractivity contribution in [1.29, 1.82) is 0 Å². The Kier molecular flexibility index (Phi) is 4.90. The van der Waals surface area contributed by atoms with Gasteiger partial charge in [0.1, 0.15) is 0 Å². The molecule has 1 unspecified atom stereocenters. The molecule has 1 aromatic carbocycles. The second kappa shape index (κ2) is 6.86. The number of hydrogen-bond acceptors (Lipinski definition) is 3. The highest BCUT2D eigenvalue weighted by atomic mass is 16.1. The van der Waals surface area contributed by atoms with Gasteiger partial charge in [0.15, 0.2) is 0 Å². The molecule has 5 heteroatoms. The van der Waals surface area contributed by atoms with E-state index in [2.05, 4.69) is 22.5 Å². The third-order valence-electron chi connectivity index (χ3n) is 3.04. The van der Waals surface area contributed by atoms with E-state index in [0.717, 1.165) is 12.1 Å². The number of primary amides is 1. The van der Waals surface area contributed by atoms with Crippen LogP contribution in [0.2, 0.25) is 0 Å². The molecule has 0 saturated heterocycles. The molecule has 1 heterocycles. The summed E-state index contributed by atoms with van der Waals surface area (Å²) in [6, 6.07) is 10.3. The summed E-state index contributed by atoms with van der Waals surface area (Å²) in [5, 5.41) is 7.59. The molecular formula is C15H20N4O. The molecule has 0 bridgehead atoms. The lowest BCUT2D eigenvalue weighted by Crippen LogP contribution is -2.30. The molecule has 0 saturated carbocycles.